The first-order valence-electron chi connectivity index (χ1n) is 9.83. The molecule has 2 unspecified atom stereocenters. The molecular weight excluding hydrogens is 404 g/mol. The number of rotatable bonds is 6. The molecule has 30 heavy (non-hydrogen) atoms. The highest BCUT2D eigenvalue weighted by molar-refractivity contribution is 7.90. The number of benzene rings is 2. The monoisotopic (exact) mass is 430 g/mol. The third kappa shape index (κ3) is 4.71. The molecule has 0 spiro atoms. The third-order valence-electron chi connectivity index (χ3n) is 5.29. The number of nitrogens with one attached hydrogen (secondary N) is 2. The standard InChI is InChI=1S/C22H26N2O5S/c1-14(2)30(27,28)24-20-19(12-13-29-22(20)26)17-8-4-15(5-9-17)16-6-10-18(11-7-16)21(25)23-3/h4-11,14,19-20,24H,12-13H2,1-3H3,(H,23,25). The van der Waals surface area contributed by atoms with Gasteiger partial charge in [-0.25, -0.2) is 13.1 Å². The van der Waals surface area contributed by atoms with Crippen LogP contribution in [0.3, 0.4) is 0 Å². The van der Waals surface area contributed by atoms with Gasteiger partial charge in [-0.2, -0.15) is 0 Å². The number of sulfonamides is 1. The van der Waals surface area contributed by atoms with Crippen molar-refractivity contribution in [3.8, 4) is 11.1 Å². The van der Waals surface area contributed by atoms with Crippen molar-refractivity contribution in [2.75, 3.05) is 13.7 Å². The number of cyclic esters (lactones) is 1. The van der Waals surface area contributed by atoms with Crippen molar-refractivity contribution in [2.24, 2.45) is 0 Å². The highest BCUT2D eigenvalue weighted by Gasteiger charge is 2.38. The molecule has 0 radical (unpaired) electrons. The summed E-state index contributed by atoms with van der Waals surface area (Å²) < 4.78 is 32.2. The Morgan fingerprint density at radius 2 is 1.60 bits per heavy atom. The van der Waals surface area contributed by atoms with E-state index in [0.717, 1.165) is 16.7 Å². The zero-order valence-corrected chi connectivity index (χ0v) is 18.0. The summed E-state index contributed by atoms with van der Waals surface area (Å²) >= 11 is 0. The summed E-state index contributed by atoms with van der Waals surface area (Å²) in [7, 11) is -2.03. The molecular formula is C22H26N2O5S. The second-order valence-electron chi connectivity index (χ2n) is 7.53. The maximum absolute atomic E-state index is 12.3. The number of hydrogen-bond donors (Lipinski definition) is 2. The first kappa shape index (κ1) is 22.0. The van der Waals surface area contributed by atoms with E-state index in [9.17, 15) is 18.0 Å². The molecule has 1 heterocycles. The molecule has 0 aliphatic carbocycles. The lowest BCUT2D eigenvalue weighted by molar-refractivity contribution is -0.150. The number of esters is 1. The molecule has 2 atom stereocenters. The van der Waals surface area contributed by atoms with Gasteiger partial charge in [0, 0.05) is 18.5 Å². The van der Waals surface area contributed by atoms with E-state index in [-0.39, 0.29) is 18.4 Å². The zero-order valence-electron chi connectivity index (χ0n) is 17.2. The first-order valence-corrected chi connectivity index (χ1v) is 11.4. The molecule has 1 aliphatic heterocycles. The van der Waals surface area contributed by atoms with Gasteiger partial charge in [0.25, 0.3) is 5.91 Å². The van der Waals surface area contributed by atoms with E-state index in [0.29, 0.717) is 12.0 Å². The van der Waals surface area contributed by atoms with Crippen molar-refractivity contribution in [3.05, 3.63) is 59.7 Å². The van der Waals surface area contributed by atoms with Gasteiger partial charge in [0.1, 0.15) is 6.04 Å². The molecule has 2 aromatic rings. The molecule has 1 amide bonds. The van der Waals surface area contributed by atoms with Crippen LogP contribution in [-0.2, 0) is 19.6 Å². The minimum atomic E-state index is -3.62. The number of ether oxygens (including phenoxy) is 1. The number of carbonyl (C=O) groups is 2. The third-order valence-corrected chi connectivity index (χ3v) is 7.11. The van der Waals surface area contributed by atoms with Gasteiger partial charge in [-0.3, -0.25) is 9.59 Å². The number of amides is 1. The van der Waals surface area contributed by atoms with E-state index >= 15 is 0 Å². The van der Waals surface area contributed by atoms with Gasteiger partial charge in [-0.15, -0.1) is 0 Å². The van der Waals surface area contributed by atoms with Crippen LogP contribution in [0.5, 0.6) is 0 Å². The molecule has 7 nitrogen and oxygen atoms in total. The lowest BCUT2D eigenvalue weighted by Crippen LogP contribution is -2.50. The first-order chi connectivity index (χ1) is 14.2. The summed E-state index contributed by atoms with van der Waals surface area (Å²) in [5.74, 6) is -0.996. The van der Waals surface area contributed by atoms with Crippen molar-refractivity contribution in [2.45, 2.75) is 37.5 Å². The van der Waals surface area contributed by atoms with Gasteiger partial charge in [0.15, 0.2) is 0 Å². The van der Waals surface area contributed by atoms with Crippen molar-refractivity contribution >= 4 is 21.9 Å². The van der Waals surface area contributed by atoms with Gasteiger partial charge in [0.2, 0.25) is 10.0 Å². The summed E-state index contributed by atoms with van der Waals surface area (Å²) in [6.07, 6.45) is 0.539. The molecule has 8 heteroatoms. The van der Waals surface area contributed by atoms with Gasteiger partial charge >= 0.3 is 5.97 Å². The molecule has 3 rings (SSSR count). The van der Waals surface area contributed by atoms with Crippen LogP contribution in [0.2, 0.25) is 0 Å². The largest absolute Gasteiger partial charge is 0.464 e. The van der Waals surface area contributed by atoms with Crippen molar-refractivity contribution in [3.63, 3.8) is 0 Å². The van der Waals surface area contributed by atoms with E-state index in [1.54, 1.807) is 33.0 Å². The Morgan fingerprint density at radius 1 is 1.03 bits per heavy atom. The topological polar surface area (TPSA) is 102 Å². The van der Waals surface area contributed by atoms with Crippen LogP contribution in [0.15, 0.2) is 48.5 Å². The highest BCUT2D eigenvalue weighted by Crippen LogP contribution is 2.31. The fourth-order valence-corrected chi connectivity index (χ4v) is 4.28. The van der Waals surface area contributed by atoms with E-state index in [1.807, 2.05) is 36.4 Å². The minimum absolute atomic E-state index is 0.143. The number of hydrogen-bond acceptors (Lipinski definition) is 5. The highest BCUT2D eigenvalue weighted by atomic mass is 32.2. The summed E-state index contributed by atoms with van der Waals surface area (Å²) in [6, 6.07) is 14.0. The second kappa shape index (κ2) is 8.97. The summed E-state index contributed by atoms with van der Waals surface area (Å²) in [4.78, 5) is 24.0. The quantitative estimate of drug-likeness (QED) is 0.686. The summed E-state index contributed by atoms with van der Waals surface area (Å²) in [5.41, 5.74) is 3.36. The Kier molecular flexibility index (Phi) is 6.58. The molecule has 1 saturated heterocycles. The maximum atomic E-state index is 12.3. The lowest BCUT2D eigenvalue weighted by Gasteiger charge is -2.31. The predicted octanol–water partition coefficient (Wildman–Crippen LogP) is 2.44. The van der Waals surface area contributed by atoms with Crippen LogP contribution in [0.1, 0.15) is 42.1 Å². The van der Waals surface area contributed by atoms with Crippen LogP contribution < -0.4 is 10.0 Å². The van der Waals surface area contributed by atoms with Crippen LogP contribution in [0.25, 0.3) is 11.1 Å². The Morgan fingerprint density at radius 3 is 2.13 bits per heavy atom. The Balaban J connectivity index is 1.83. The molecule has 2 N–H and O–H groups in total. The average Bonchev–Trinajstić information content (AvgIpc) is 2.74. The molecule has 0 saturated carbocycles. The van der Waals surface area contributed by atoms with Gasteiger partial charge in [-0.1, -0.05) is 36.4 Å². The summed E-state index contributed by atoms with van der Waals surface area (Å²) in [6.45, 7) is 3.39. The SMILES string of the molecule is CNC(=O)c1ccc(-c2ccc(C3CCOC(=O)C3NS(=O)(=O)C(C)C)cc2)cc1. The Hall–Kier alpha value is -2.71. The fourth-order valence-electron chi connectivity index (χ4n) is 3.39. The maximum Gasteiger partial charge on any atom is 0.324 e. The summed E-state index contributed by atoms with van der Waals surface area (Å²) in [5, 5.41) is 1.94. The van der Waals surface area contributed by atoms with E-state index in [2.05, 4.69) is 10.0 Å². The Labute approximate surface area is 176 Å². The van der Waals surface area contributed by atoms with Crippen molar-refractivity contribution < 1.29 is 22.7 Å². The molecule has 0 aromatic heterocycles. The Bertz CT molecular complexity index is 1010. The molecule has 1 aliphatic rings. The van der Waals surface area contributed by atoms with Crippen molar-refractivity contribution in [1.82, 2.24) is 10.0 Å². The fraction of sp³-hybridized carbons (Fsp3) is 0.364. The smallest absolute Gasteiger partial charge is 0.324 e. The van der Waals surface area contributed by atoms with E-state index in [1.165, 1.54) is 0 Å². The lowest BCUT2D eigenvalue weighted by atomic mass is 9.87. The average molecular weight is 431 g/mol. The number of carbonyl (C=O) groups excluding carboxylic acids is 2. The molecule has 2 aromatic carbocycles. The molecule has 1 fully saturated rings. The van der Waals surface area contributed by atoms with Gasteiger partial charge in [-0.05, 0) is 49.1 Å². The molecule has 0 bridgehead atoms. The van der Waals surface area contributed by atoms with Crippen LogP contribution in [0.4, 0.5) is 0 Å². The zero-order chi connectivity index (χ0) is 21.9. The van der Waals surface area contributed by atoms with Gasteiger partial charge in [0.05, 0.1) is 11.9 Å². The van der Waals surface area contributed by atoms with Crippen molar-refractivity contribution in [1.29, 1.82) is 0 Å². The minimum Gasteiger partial charge on any atom is -0.464 e. The van der Waals surface area contributed by atoms with Crippen LogP contribution in [-0.4, -0.2) is 45.2 Å². The van der Waals surface area contributed by atoms with E-state index < -0.39 is 27.3 Å². The van der Waals surface area contributed by atoms with Crippen LogP contribution in [0, 0.1) is 0 Å². The normalized spacial score (nSPS) is 19.4. The molecule has 160 valence electrons. The predicted molar refractivity (Wildman–Crippen MR) is 115 cm³/mol. The van der Waals surface area contributed by atoms with E-state index in [4.69, 9.17) is 4.74 Å². The van der Waals surface area contributed by atoms with Gasteiger partial charge < -0.3 is 10.1 Å². The van der Waals surface area contributed by atoms with Crippen LogP contribution >= 0.6 is 0 Å². The second-order valence-corrected chi connectivity index (χ2v) is 9.80.